The number of rotatable bonds is 2. The van der Waals surface area contributed by atoms with E-state index in [1.807, 2.05) is 29.2 Å². The number of benzene rings is 2. The third-order valence-corrected chi connectivity index (χ3v) is 6.88. The number of nitrogens with one attached hydrogen (secondary N) is 1. The number of likely N-dealkylation sites (tertiary alicyclic amines) is 1. The Kier molecular flexibility index (Phi) is 3.93. The molecule has 1 aliphatic carbocycles. The highest BCUT2D eigenvalue weighted by Crippen LogP contribution is 2.55. The normalized spacial score (nSPS) is 22.3. The highest BCUT2D eigenvalue weighted by molar-refractivity contribution is 6.01. The van der Waals surface area contributed by atoms with Crippen molar-refractivity contribution in [1.29, 1.82) is 0 Å². The molecule has 2 aliphatic heterocycles. The van der Waals surface area contributed by atoms with E-state index >= 15 is 0 Å². The van der Waals surface area contributed by atoms with E-state index < -0.39 is 0 Å². The quantitative estimate of drug-likeness (QED) is 0.860. The fourth-order valence-electron chi connectivity index (χ4n) is 5.19. The van der Waals surface area contributed by atoms with Crippen LogP contribution in [-0.4, -0.2) is 41.9 Å². The van der Waals surface area contributed by atoms with Crippen molar-refractivity contribution >= 4 is 17.6 Å². The van der Waals surface area contributed by atoms with Gasteiger partial charge in [-0.25, -0.2) is 4.79 Å². The Morgan fingerprint density at radius 1 is 1.11 bits per heavy atom. The zero-order valence-corrected chi connectivity index (χ0v) is 16.1. The van der Waals surface area contributed by atoms with Gasteiger partial charge in [-0.3, -0.25) is 4.79 Å². The summed E-state index contributed by atoms with van der Waals surface area (Å²) >= 11 is 0. The molecule has 3 amide bonds. The molecule has 2 aromatic rings. The summed E-state index contributed by atoms with van der Waals surface area (Å²) in [6.07, 6.45) is 3.63. The van der Waals surface area contributed by atoms with Crippen molar-refractivity contribution in [2.45, 2.75) is 31.7 Å². The smallest absolute Gasteiger partial charge is 0.321 e. The van der Waals surface area contributed by atoms with Gasteiger partial charge in [0, 0.05) is 49.4 Å². The van der Waals surface area contributed by atoms with E-state index in [9.17, 15) is 9.59 Å². The topological polar surface area (TPSA) is 52.7 Å². The first kappa shape index (κ1) is 17.3. The Morgan fingerprint density at radius 3 is 2.61 bits per heavy atom. The molecule has 1 spiro atoms. The van der Waals surface area contributed by atoms with Crippen molar-refractivity contribution in [3.05, 3.63) is 65.2 Å². The number of hydrogen-bond donors (Lipinski definition) is 1. The third-order valence-electron chi connectivity index (χ3n) is 6.88. The SMILES string of the molecule is CN1Cc2c(NC(=O)N3CC(c4ccccc4)C4(CCC4)C3)cccc2C1=O. The Labute approximate surface area is 165 Å². The van der Waals surface area contributed by atoms with Crippen LogP contribution in [0, 0.1) is 5.41 Å². The van der Waals surface area contributed by atoms with Crippen LogP contribution in [0.25, 0.3) is 0 Å². The van der Waals surface area contributed by atoms with Crippen LogP contribution < -0.4 is 5.32 Å². The maximum Gasteiger partial charge on any atom is 0.321 e. The van der Waals surface area contributed by atoms with E-state index in [1.54, 1.807) is 11.9 Å². The van der Waals surface area contributed by atoms with Crippen LogP contribution in [0.3, 0.4) is 0 Å². The van der Waals surface area contributed by atoms with Crippen LogP contribution in [0.15, 0.2) is 48.5 Å². The molecule has 2 aromatic carbocycles. The zero-order chi connectivity index (χ0) is 19.3. The molecule has 2 heterocycles. The average Bonchev–Trinajstić information content (AvgIpc) is 3.23. The minimum Gasteiger partial charge on any atom is -0.337 e. The van der Waals surface area contributed by atoms with E-state index in [1.165, 1.54) is 24.8 Å². The van der Waals surface area contributed by atoms with Crippen LogP contribution >= 0.6 is 0 Å². The molecule has 1 atom stereocenters. The second-order valence-corrected chi connectivity index (χ2v) is 8.48. The minimum absolute atomic E-state index is 0.0184. The monoisotopic (exact) mass is 375 g/mol. The summed E-state index contributed by atoms with van der Waals surface area (Å²) < 4.78 is 0. The molecule has 0 bridgehead atoms. The molecule has 3 aliphatic rings. The summed E-state index contributed by atoms with van der Waals surface area (Å²) in [5.74, 6) is 0.423. The van der Waals surface area contributed by atoms with Crippen molar-refractivity contribution in [2.75, 3.05) is 25.5 Å². The third kappa shape index (κ3) is 2.60. The first-order valence-electron chi connectivity index (χ1n) is 10.1. The highest BCUT2D eigenvalue weighted by Gasteiger charge is 2.51. The predicted octanol–water partition coefficient (Wildman–Crippen LogP) is 4.07. The molecule has 1 unspecified atom stereocenters. The lowest BCUT2D eigenvalue weighted by atomic mass is 9.61. The summed E-state index contributed by atoms with van der Waals surface area (Å²) in [4.78, 5) is 29.0. The van der Waals surface area contributed by atoms with Crippen molar-refractivity contribution in [1.82, 2.24) is 9.80 Å². The van der Waals surface area contributed by atoms with E-state index in [0.717, 1.165) is 24.3 Å². The summed E-state index contributed by atoms with van der Waals surface area (Å²) in [6.45, 7) is 2.11. The summed E-state index contributed by atoms with van der Waals surface area (Å²) in [7, 11) is 1.79. The van der Waals surface area contributed by atoms with E-state index in [0.29, 0.717) is 18.0 Å². The molecule has 1 saturated carbocycles. The van der Waals surface area contributed by atoms with Gasteiger partial charge in [-0.1, -0.05) is 42.8 Å². The van der Waals surface area contributed by atoms with Gasteiger partial charge in [0.05, 0.1) is 0 Å². The number of amides is 3. The lowest BCUT2D eigenvalue weighted by molar-refractivity contribution is 0.0816. The molecule has 5 rings (SSSR count). The van der Waals surface area contributed by atoms with Crippen molar-refractivity contribution in [3.63, 3.8) is 0 Å². The van der Waals surface area contributed by atoms with Gasteiger partial charge in [0.25, 0.3) is 5.91 Å². The maximum atomic E-state index is 13.1. The van der Waals surface area contributed by atoms with Gasteiger partial charge in [0.2, 0.25) is 0 Å². The fourth-order valence-corrected chi connectivity index (χ4v) is 5.19. The van der Waals surface area contributed by atoms with E-state index in [2.05, 4.69) is 29.6 Å². The van der Waals surface area contributed by atoms with Gasteiger partial charge >= 0.3 is 6.03 Å². The summed E-state index contributed by atoms with van der Waals surface area (Å²) in [5, 5.41) is 3.09. The summed E-state index contributed by atoms with van der Waals surface area (Å²) in [5.41, 5.74) is 3.93. The fraction of sp³-hybridized carbons (Fsp3) is 0.391. The second-order valence-electron chi connectivity index (χ2n) is 8.48. The Balaban J connectivity index is 1.37. The molecule has 5 nitrogen and oxygen atoms in total. The van der Waals surface area contributed by atoms with Gasteiger partial charge in [0.1, 0.15) is 0 Å². The van der Waals surface area contributed by atoms with Crippen LogP contribution in [-0.2, 0) is 6.54 Å². The van der Waals surface area contributed by atoms with Gasteiger partial charge in [-0.15, -0.1) is 0 Å². The Morgan fingerprint density at radius 2 is 1.89 bits per heavy atom. The number of carbonyl (C=O) groups is 2. The average molecular weight is 375 g/mol. The first-order chi connectivity index (χ1) is 13.6. The Bertz CT molecular complexity index is 936. The lowest BCUT2D eigenvalue weighted by Gasteiger charge is -2.43. The van der Waals surface area contributed by atoms with Gasteiger partial charge < -0.3 is 15.1 Å². The molecule has 5 heteroatoms. The number of nitrogens with zero attached hydrogens (tertiary/aromatic N) is 2. The van der Waals surface area contributed by atoms with Gasteiger partial charge in [-0.2, -0.15) is 0 Å². The largest absolute Gasteiger partial charge is 0.337 e. The maximum absolute atomic E-state index is 13.1. The van der Waals surface area contributed by atoms with Crippen molar-refractivity contribution in [2.24, 2.45) is 5.41 Å². The van der Waals surface area contributed by atoms with Crippen LogP contribution in [0.1, 0.15) is 46.7 Å². The van der Waals surface area contributed by atoms with Gasteiger partial charge in [-0.05, 0) is 36.0 Å². The van der Waals surface area contributed by atoms with Gasteiger partial charge in [0.15, 0.2) is 0 Å². The molecule has 144 valence electrons. The number of fused-ring (bicyclic) bond motifs is 1. The van der Waals surface area contributed by atoms with Crippen LogP contribution in [0.5, 0.6) is 0 Å². The number of carbonyl (C=O) groups excluding carboxylic acids is 2. The Hall–Kier alpha value is -2.82. The molecule has 28 heavy (non-hydrogen) atoms. The molecular formula is C23H25N3O2. The number of hydrogen-bond acceptors (Lipinski definition) is 2. The van der Waals surface area contributed by atoms with Crippen LogP contribution in [0.4, 0.5) is 10.5 Å². The molecule has 1 N–H and O–H groups in total. The highest BCUT2D eigenvalue weighted by atomic mass is 16.2. The number of anilines is 1. The predicted molar refractivity (Wildman–Crippen MR) is 108 cm³/mol. The summed E-state index contributed by atoms with van der Waals surface area (Å²) in [6, 6.07) is 16.1. The lowest BCUT2D eigenvalue weighted by Crippen LogP contribution is -2.39. The minimum atomic E-state index is -0.0555. The molecule has 0 aromatic heterocycles. The van der Waals surface area contributed by atoms with E-state index in [4.69, 9.17) is 0 Å². The second kappa shape index (κ2) is 6.36. The van der Waals surface area contributed by atoms with E-state index in [-0.39, 0.29) is 17.4 Å². The van der Waals surface area contributed by atoms with Crippen molar-refractivity contribution in [3.8, 4) is 0 Å². The van der Waals surface area contributed by atoms with Crippen molar-refractivity contribution < 1.29 is 9.59 Å². The van der Waals surface area contributed by atoms with Crippen LogP contribution in [0.2, 0.25) is 0 Å². The number of urea groups is 1. The molecule has 1 saturated heterocycles. The molecule has 2 fully saturated rings. The first-order valence-corrected chi connectivity index (χ1v) is 10.1. The molecular weight excluding hydrogens is 350 g/mol. The zero-order valence-electron chi connectivity index (χ0n) is 16.1. The molecule has 0 radical (unpaired) electrons. The standard InChI is InChI=1S/C23H25N3O2/c1-25-13-18-17(21(25)27)9-5-10-20(18)24-22(28)26-14-19(16-7-3-2-4-8-16)23(15-26)11-6-12-23/h2-5,7-10,19H,6,11-15H2,1H3,(H,24,28).